The Labute approximate surface area is 119 Å². The molecule has 18 heavy (non-hydrogen) atoms. The summed E-state index contributed by atoms with van der Waals surface area (Å²) < 4.78 is 36.8. The van der Waals surface area contributed by atoms with Gasteiger partial charge in [0.25, 0.3) is 0 Å². The first kappa shape index (κ1) is 13.5. The van der Waals surface area contributed by atoms with Crippen molar-refractivity contribution < 1.29 is 12.8 Å². The van der Waals surface area contributed by atoms with Gasteiger partial charge in [0.05, 0.1) is 4.90 Å². The predicted octanol–water partition coefficient (Wildman–Crippen LogP) is 3.73. The van der Waals surface area contributed by atoms with Crippen LogP contribution in [0.15, 0.2) is 59.5 Å². The van der Waals surface area contributed by atoms with Gasteiger partial charge >= 0.3 is 0 Å². The van der Waals surface area contributed by atoms with Crippen molar-refractivity contribution in [3.8, 4) is 0 Å². The minimum absolute atomic E-state index is 0.132. The lowest BCUT2D eigenvalue weighted by molar-refractivity contribution is 0.594. The van der Waals surface area contributed by atoms with E-state index in [4.69, 9.17) is 0 Å². The Morgan fingerprint density at radius 3 is 2.06 bits per heavy atom. The molecule has 0 fully saturated rings. The van der Waals surface area contributed by atoms with Gasteiger partial charge < -0.3 is 0 Å². The molecular formula is C13H10FIO2S. The van der Waals surface area contributed by atoms with Gasteiger partial charge in [-0.1, -0.05) is 52.9 Å². The number of hydrogen-bond acceptors (Lipinski definition) is 2. The fraction of sp³-hybridized carbons (Fsp3) is 0.0769. The molecule has 1 unspecified atom stereocenters. The average Bonchev–Trinajstić information content (AvgIpc) is 2.39. The molecular weight excluding hydrogens is 366 g/mol. The maximum Gasteiger partial charge on any atom is 0.194 e. The highest BCUT2D eigenvalue weighted by Gasteiger charge is 2.26. The fourth-order valence-electron chi connectivity index (χ4n) is 1.53. The zero-order chi connectivity index (χ0) is 13.2. The van der Waals surface area contributed by atoms with Crippen molar-refractivity contribution in [2.45, 2.75) is 8.15 Å². The van der Waals surface area contributed by atoms with Crippen LogP contribution in [0.5, 0.6) is 0 Å². The van der Waals surface area contributed by atoms with E-state index < -0.39 is 18.9 Å². The van der Waals surface area contributed by atoms with Crippen LogP contribution in [-0.4, -0.2) is 8.42 Å². The van der Waals surface area contributed by atoms with Crippen LogP contribution in [0.1, 0.15) is 8.82 Å². The Balaban J connectivity index is 2.40. The minimum atomic E-state index is -3.49. The average molecular weight is 376 g/mol. The second-order valence-electron chi connectivity index (χ2n) is 3.73. The van der Waals surface area contributed by atoms with Crippen molar-refractivity contribution in [3.63, 3.8) is 0 Å². The Hall–Kier alpha value is -0.950. The second kappa shape index (κ2) is 5.36. The molecule has 0 heterocycles. The molecule has 0 aromatic heterocycles. The van der Waals surface area contributed by atoms with Crippen LogP contribution in [0.3, 0.4) is 0 Å². The summed E-state index contributed by atoms with van der Waals surface area (Å²) in [5, 5.41) is 0. The molecule has 2 aromatic rings. The molecule has 0 radical (unpaired) electrons. The molecule has 0 bridgehead atoms. The Bertz CT molecular complexity index is 624. The molecule has 0 aliphatic rings. The summed E-state index contributed by atoms with van der Waals surface area (Å²) in [5.41, 5.74) is 0.711. The fourth-order valence-corrected chi connectivity index (χ4v) is 4.09. The van der Waals surface area contributed by atoms with Gasteiger partial charge in [0.2, 0.25) is 0 Å². The third kappa shape index (κ3) is 2.72. The molecule has 1 atom stereocenters. The molecule has 5 heteroatoms. The predicted molar refractivity (Wildman–Crippen MR) is 76.8 cm³/mol. The molecule has 0 spiro atoms. The number of benzene rings is 2. The lowest BCUT2D eigenvalue weighted by atomic mass is 10.2. The first-order chi connectivity index (χ1) is 8.51. The van der Waals surface area contributed by atoms with Crippen molar-refractivity contribution in [1.82, 2.24) is 0 Å². The van der Waals surface area contributed by atoms with Crippen LogP contribution < -0.4 is 0 Å². The summed E-state index contributed by atoms with van der Waals surface area (Å²) in [7, 11) is -3.49. The molecule has 0 aliphatic carbocycles. The lowest BCUT2D eigenvalue weighted by Crippen LogP contribution is -2.08. The number of rotatable bonds is 3. The van der Waals surface area contributed by atoms with E-state index in [-0.39, 0.29) is 4.90 Å². The van der Waals surface area contributed by atoms with E-state index >= 15 is 0 Å². The summed E-state index contributed by atoms with van der Waals surface area (Å²) >= 11 is 1.88. The normalized spacial score (nSPS) is 13.2. The standard InChI is InChI=1S/C13H10FIO2S/c14-11-6-8-12(9-7-11)18(16,17)13(15)10-4-2-1-3-5-10/h1-9,13H. The molecule has 0 saturated carbocycles. The Morgan fingerprint density at radius 2 is 1.50 bits per heavy atom. The first-order valence-electron chi connectivity index (χ1n) is 5.20. The topological polar surface area (TPSA) is 34.1 Å². The van der Waals surface area contributed by atoms with Crippen molar-refractivity contribution in [3.05, 3.63) is 66.0 Å². The zero-order valence-electron chi connectivity index (χ0n) is 9.25. The summed E-state index contributed by atoms with van der Waals surface area (Å²) in [6.07, 6.45) is 0. The van der Waals surface area contributed by atoms with Gasteiger partial charge in [-0.15, -0.1) is 0 Å². The molecule has 0 N–H and O–H groups in total. The third-order valence-corrected chi connectivity index (χ3v) is 6.95. The minimum Gasteiger partial charge on any atom is -0.222 e. The van der Waals surface area contributed by atoms with Crippen LogP contribution >= 0.6 is 22.6 Å². The molecule has 0 amide bonds. The van der Waals surface area contributed by atoms with E-state index in [9.17, 15) is 12.8 Å². The Morgan fingerprint density at radius 1 is 0.944 bits per heavy atom. The molecule has 0 saturated heterocycles. The van der Waals surface area contributed by atoms with Gasteiger partial charge in [-0.05, 0) is 29.8 Å². The highest BCUT2D eigenvalue weighted by molar-refractivity contribution is 14.1. The van der Waals surface area contributed by atoms with Gasteiger partial charge in [-0.2, -0.15) is 0 Å². The van der Waals surface area contributed by atoms with Crippen molar-refractivity contribution >= 4 is 32.4 Å². The smallest absolute Gasteiger partial charge is 0.194 e. The van der Waals surface area contributed by atoms with E-state index in [1.54, 1.807) is 24.3 Å². The van der Waals surface area contributed by atoms with E-state index in [0.717, 1.165) is 12.1 Å². The first-order valence-corrected chi connectivity index (χ1v) is 7.99. The van der Waals surface area contributed by atoms with Gasteiger partial charge in [0, 0.05) is 0 Å². The maximum atomic E-state index is 12.8. The molecule has 94 valence electrons. The van der Waals surface area contributed by atoms with Crippen LogP contribution in [0.2, 0.25) is 0 Å². The van der Waals surface area contributed by atoms with Gasteiger partial charge in [-0.25, -0.2) is 12.8 Å². The van der Waals surface area contributed by atoms with E-state index in [0.29, 0.717) is 5.56 Å². The van der Waals surface area contributed by atoms with E-state index in [1.807, 2.05) is 28.7 Å². The van der Waals surface area contributed by atoms with Crippen LogP contribution in [0, 0.1) is 5.82 Å². The third-order valence-electron chi connectivity index (χ3n) is 2.48. The summed E-state index contributed by atoms with van der Waals surface area (Å²) in [6, 6.07) is 13.8. The highest BCUT2D eigenvalue weighted by atomic mass is 127. The highest BCUT2D eigenvalue weighted by Crippen LogP contribution is 2.34. The SMILES string of the molecule is O=S(=O)(c1ccc(F)cc1)C(I)c1ccccc1. The van der Waals surface area contributed by atoms with Crippen LogP contribution in [0.25, 0.3) is 0 Å². The molecule has 2 rings (SSSR count). The number of halogens is 2. The summed E-state index contributed by atoms with van der Waals surface area (Å²) in [6.45, 7) is 0. The van der Waals surface area contributed by atoms with Crippen LogP contribution in [-0.2, 0) is 9.84 Å². The number of sulfone groups is 1. The molecule has 0 aliphatic heterocycles. The summed E-state index contributed by atoms with van der Waals surface area (Å²) in [5.74, 6) is -0.446. The Kier molecular flexibility index (Phi) is 4.01. The van der Waals surface area contributed by atoms with Crippen molar-refractivity contribution in [1.29, 1.82) is 0 Å². The molecule has 2 nitrogen and oxygen atoms in total. The number of alkyl halides is 1. The van der Waals surface area contributed by atoms with Gasteiger partial charge in [0.1, 0.15) is 9.07 Å². The second-order valence-corrected chi connectivity index (χ2v) is 7.85. The van der Waals surface area contributed by atoms with E-state index in [1.165, 1.54) is 12.1 Å². The van der Waals surface area contributed by atoms with Gasteiger partial charge in [0.15, 0.2) is 9.84 Å². The van der Waals surface area contributed by atoms with Crippen LogP contribution in [0.4, 0.5) is 4.39 Å². The van der Waals surface area contributed by atoms with Crippen molar-refractivity contribution in [2.24, 2.45) is 0 Å². The maximum absolute atomic E-state index is 12.8. The largest absolute Gasteiger partial charge is 0.222 e. The van der Waals surface area contributed by atoms with Gasteiger partial charge in [-0.3, -0.25) is 0 Å². The quantitative estimate of drug-likeness (QED) is 0.465. The van der Waals surface area contributed by atoms with Crippen molar-refractivity contribution in [2.75, 3.05) is 0 Å². The summed E-state index contributed by atoms with van der Waals surface area (Å²) in [4.78, 5) is 0.132. The zero-order valence-corrected chi connectivity index (χ0v) is 12.2. The monoisotopic (exact) mass is 376 g/mol. The lowest BCUT2D eigenvalue weighted by Gasteiger charge is -2.11. The van der Waals surface area contributed by atoms with E-state index in [2.05, 4.69) is 0 Å². The molecule has 2 aromatic carbocycles. The number of hydrogen-bond donors (Lipinski definition) is 0.